The standard InChI is InChI=1S/C53H39BN2O6/c1-32-26-43-51-44(27-32)56(40-13-7-17-48-53(40)60-25-9-23-58-48)42-29-36(50-31-34-11-3-5-15-46(34)62-50)19-21-38(42)54(51)37-20-18-35(49-30-33-10-2-4-14-45(33)61-49)28-41(37)55(43)39-12-6-16-47-52(39)59-24-8-22-57-47/h2-7,10-21,26-31H,8-9,22-25H2,1H3. The van der Waals surface area contributed by atoms with Gasteiger partial charge in [0.1, 0.15) is 22.7 Å². The molecule has 0 radical (unpaired) electrons. The molecule has 300 valence electrons. The molecule has 6 heterocycles. The maximum absolute atomic E-state index is 6.61. The number of hydrogen-bond donors (Lipinski definition) is 0. The number of para-hydroxylation sites is 4. The lowest BCUT2D eigenvalue weighted by atomic mass is 9.33. The zero-order valence-corrected chi connectivity index (χ0v) is 34.0. The fourth-order valence-electron chi connectivity index (χ4n) is 9.91. The van der Waals surface area contributed by atoms with Crippen LogP contribution in [0.25, 0.3) is 44.6 Å². The predicted octanol–water partition coefficient (Wildman–Crippen LogP) is 11.2. The molecule has 4 aliphatic heterocycles. The van der Waals surface area contributed by atoms with Crippen LogP contribution in [0.15, 0.2) is 154 Å². The second kappa shape index (κ2) is 13.8. The smallest absolute Gasteiger partial charge is 0.252 e. The van der Waals surface area contributed by atoms with E-state index in [2.05, 4.69) is 114 Å². The Bertz CT molecular complexity index is 3000. The van der Waals surface area contributed by atoms with Crippen LogP contribution in [0.4, 0.5) is 34.1 Å². The number of furan rings is 2. The molecule has 0 saturated heterocycles. The molecule has 9 heteroatoms. The van der Waals surface area contributed by atoms with Crippen molar-refractivity contribution in [3.8, 4) is 45.6 Å². The SMILES string of the molecule is Cc1cc2c3c(c1)N(c1cccc4c1OCCCO4)c1cc(-c4cc5ccccc5o4)ccc1B3c1ccc(-c3cc4ccccc4o3)cc1N2c1cccc2c1OCCCO2. The first-order valence-electron chi connectivity index (χ1n) is 21.4. The Morgan fingerprint density at radius 3 is 1.42 bits per heavy atom. The molecule has 0 spiro atoms. The zero-order valence-electron chi connectivity index (χ0n) is 34.0. The highest BCUT2D eigenvalue weighted by Crippen LogP contribution is 2.52. The molecule has 0 fully saturated rings. The number of rotatable bonds is 4. The van der Waals surface area contributed by atoms with Crippen LogP contribution in [0.5, 0.6) is 23.0 Å². The van der Waals surface area contributed by atoms with Gasteiger partial charge < -0.3 is 37.6 Å². The van der Waals surface area contributed by atoms with E-state index in [4.69, 9.17) is 27.8 Å². The first kappa shape index (κ1) is 35.3. The number of benzene rings is 7. The maximum Gasteiger partial charge on any atom is 0.252 e. The van der Waals surface area contributed by atoms with E-state index in [0.717, 1.165) is 120 Å². The molecule has 0 unspecified atom stereocenters. The summed E-state index contributed by atoms with van der Waals surface area (Å²) in [6.45, 7) is 4.37. The highest BCUT2D eigenvalue weighted by Gasteiger charge is 2.45. The second-order valence-corrected chi connectivity index (χ2v) is 16.5. The third kappa shape index (κ3) is 5.40. The van der Waals surface area contributed by atoms with Crippen LogP contribution in [0.3, 0.4) is 0 Å². The van der Waals surface area contributed by atoms with E-state index in [9.17, 15) is 0 Å². The van der Waals surface area contributed by atoms with Crippen LogP contribution in [0, 0.1) is 6.92 Å². The molecule has 7 aromatic carbocycles. The second-order valence-electron chi connectivity index (χ2n) is 16.5. The molecule has 4 aliphatic rings. The van der Waals surface area contributed by atoms with Crippen LogP contribution in [0.2, 0.25) is 0 Å². The average molecular weight is 811 g/mol. The Hall–Kier alpha value is -7.52. The lowest BCUT2D eigenvalue weighted by Gasteiger charge is -2.45. The molecule has 9 aromatic rings. The highest BCUT2D eigenvalue weighted by atomic mass is 16.5. The number of nitrogens with zero attached hydrogens (tertiary/aromatic N) is 2. The van der Waals surface area contributed by atoms with Gasteiger partial charge in [-0.1, -0.05) is 72.8 Å². The van der Waals surface area contributed by atoms with Crippen molar-refractivity contribution in [1.82, 2.24) is 0 Å². The Balaban J connectivity index is 1.10. The number of fused-ring (bicyclic) bond motifs is 8. The monoisotopic (exact) mass is 810 g/mol. The van der Waals surface area contributed by atoms with Gasteiger partial charge in [-0.05, 0) is 102 Å². The highest BCUT2D eigenvalue weighted by molar-refractivity contribution is 7.00. The van der Waals surface area contributed by atoms with Crippen LogP contribution in [-0.4, -0.2) is 33.1 Å². The first-order chi connectivity index (χ1) is 30.6. The summed E-state index contributed by atoms with van der Waals surface area (Å²) in [5, 5.41) is 2.13. The van der Waals surface area contributed by atoms with E-state index in [-0.39, 0.29) is 6.71 Å². The molecule has 0 N–H and O–H groups in total. The van der Waals surface area contributed by atoms with Crippen LogP contribution in [0.1, 0.15) is 18.4 Å². The summed E-state index contributed by atoms with van der Waals surface area (Å²) < 4.78 is 38.9. The minimum absolute atomic E-state index is 0.133. The van der Waals surface area contributed by atoms with Gasteiger partial charge >= 0.3 is 0 Å². The molecule has 0 atom stereocenters. The summed E-state index contributed by atoms with van der Waals surface area (Å²) in [6.07, 6.45) is 1.61. The van der Waals surface area contributed by atoms with Gasteiger partial charge in [0, 0.05) is 57.5 Å². The molecule has 0 saturated carbocycles. The summed E-state index contributed by atoms with van der Waals surface area (Å²) in [5.41, 5.74) is 14.4. The molecule has 0 bridgehead atoms. The van der Waals surface area contributed by atoms with Crippen LogP contribution >= 0.6 is 0 Å². The minimum Gasteiger partial charge on any atom is -0.489 e. The number of aryl methyl sites for hydroxylation is 1. The Morgan fingerprint density at radius 2 is 0.919 bits per heavy atom. The largest absolute Gasteiger partial charge is 0.489 e. The van der Waals surface area contributed by atoms with E-state index in [1.165, 1.54) is 16.4 Å². The predicted molar refractivity (Wildman–Crippen MR) is 247 cm³/mol. The van der Waals surface area contributed by atoms with Crippen LogP contribution < -0.4 is 45.1 Å². The van der Waals surface area contributed by atoms with Crippen molar-refractivity contribution in [3.05, 3.63) is 151 Å². The van der Waals surface area contributed by atoms with Gasteiger partial charge in [-0.25, -0.2) is 0 Å². The van der Waals surface area contributed by atoms with E-state index < -0.39 is 0 Å². The number of anilines is 6. The quantitative estimate of drug-likeness (QED) is 0.163. The molecule has 13 rings (SSSR count). The Kier molecular flexibility index (Phi) is 7.82. The molecule has 0 amide bonds. The van der Waals surface area contributed by atoms with Crippen LogP contribution in [-0.2, 0) is 0 Å². The Labute approximate surface area is 358 Å². The third-order valence-corrected chi connectivity index (χ3v) is 12.6. The molecular formula is C53H39BN2O6. The maximum atomic E-state index is 6.61. The summed E-state index contributed by atoms with van der Waals surface area (Å²) in [4.78, 5) is 4.77. The lowest BCUT2D eigenvalue weighted by molar-refractivity contribution is 0.297. The lowest BCUT2D eigenvalue weighted by Crippen LogP contribution is -2.61. The van der Waals surface area contributed by atoms with E-state index in [1.54, 1.807) is 0 Å². The minimum atomic E-state index is -0.133. The van der Waals surface area contributed by atoms with E-state index in [0.29, 0.717) is 26.4 Å². The van der Waals surface area contributed by atoms with E-state index in [1.807, 2.05) is 48.5 Å². The first-order valence-corrected chi connectivity index (χ1v) is 21.4. The van der Waals surface area contributed by atoms with Gasteiger partial charge in [-0.15, -0.1) is 0 Å². The van der Waals surface area contributed by atoms with Crippen molar-refractivity contribution in [3.63, 3.8) is 0 Å². The van der Waals surface area contributed by atoms with Crippen molar-refractivity contribution in [2.75, 3.05) is 36.2 Å². The molecule has 8 nitrogen and oxygen atoms in total. The van der Waals surface area contributed by atoms with E-state index >= 15 is 0 Å². The van der Waals surface area contributed by atoms with Crippen molar-refractivity contribution in [2.45, 2.75) is 19.8 Å². The summed E-state index contributed by atoms with van der Waals surface area (Å²) in [5.74, 6) is 4.59. The zero-order chi connectivity index (χ0) is 40.9. The number of ether oxygens (including phenoxy) is 4. The van der Waals surface area contributed by atoms with Crippen molar-refractivity contribution < 1.29 is 27.8 Å². The van der Waals surface area contributed by atoms with Crippen molar-refractivity contribution >= 4 is 79.2 Å². The average Bonchev–Trinajstić information content (AvgIpc) is 3.76. The fraction of sp³-hybridized carbons (Fsp3) is 0.132. The summed E-state index contributed by atoms with van der Waals surface area (Å²) >= 11 is 0. The van der Waals surface area contributed by atoms with Gasteiger partial charge in [0.05, 0.1) is 37.8 Å². The topological polar surface area (TPSA) is 69.7 Å². The Morgan fingerprint density at radius 1 is 0.435 bits per heavy atom. The van der Waals surface area contributed by atoms with Crippen molar-refractivity contribution in [2.24, 2.45) is 0 Å². The van der Waals surface area contributed by atoms with Gasteiger partial charge in [0.2, 0.25) is 0 Å². The van der Waals surface area contributed by atoms with Crippen molar-refractivity contribution in [1.29, 1.82) is 0 Å². The van der Waals surface area contributed by atoms with Gasteiger partial charge in [0.15, 0.2) is 23.0 Å². The molecule has 62 heavy (non-hydrogen) atoms. The fourth-order valence-corrected chi connectivity index (χ4v) is 9.91. The molecule has 0 aliphatic carbocycles. The normalized spacial score (nSPS) is 14.9. The number of hydrogen-bond acceptors (Lipinski definition) is 8. The summed E-state index contributed by atoms with van der Waals surface area (Å²) in [7, 11) is 0. The van der Waals surface area contributed by atoms with Gasteiger partial charge in [-0.2, -0.15) is 0 Å². The molecule has 2 aromatic heterocycles. The third-order valence-electron chi connectivity index (χ3n) is 12.6. The van der Waals surface area contributed by atoms with Gasteiger partial charge in [0.25, 0.3) is 6.71 Å². The molecular weight excluding hydrogens is 771 g/mol. The summed E-state index contributed by atoms with van der Waals surface area (Å²) in [6, 6.07) is 51.3. The van der Waals surface area contributed by atoms with Gasteiger partial charge in [-0.3, -0.25) is 0 Å².